The average Bonchev–Trinajstić information content (AvgIpc) is 3.21. The number of nitrogens with one attached hydrogen (secondary N) is 1. The first-order valence-corrected chi connectivity index (χ1v) is 11.3. The Labute approximate surface area is 193 Å². The van der Waals surface area contributed by atoms with E-state index in [2.05, 4.69) is 10.3 Å². The van der Waals surface area contributed by atoms with E-state index in [1.807, 2.05) is 30.3 Å². The second-order valence-corrected chi connectivity index (χ2v) is 8.27. The number of alkyl halides is 3. The Bertz CT molecular complexity index is 1210. The largest absolute Gasteiger partial charge is 0.417 e. The molecular weight excluding hydrogens is 449 g/mol. The minimum absolute atomic E-state index is 0.157. The van der Waals surface area contributed by atoms with Crippen LogP contribution < -0.4 is 16.0 Å². The number of benzene rings is 3. The van der Waals surface area contributed by atoms with Gasteiger partial charge in [-0.25, -0.2) is 9.79 Å². The summed E-state index contributed by atoms with van der Waals surface area (Å²) >= 11 is 1.04. The predicted molar refractivity (Wildman–Crippen MR) is 127 cm³/mol. The van der Waals surface area contributed by atoms with Gasteiger partial charge in [0.2, 0.25) is 0 Å². The van der Waals surface area contributed by atoms with Crippen molar-refractivity contribution in [2.24, 2.45) is 10.7 Å². The van der Waals surface area contributed by atoms with Crippen molar-refractivity contribution in [2.75, 3.05) is 23.0 Å². The molecule has 5 nitrogen and oxygen atoms in total. The highest BCUT2D eigenvalue weighted by Gasteiger charge is 2.36. The molecule has 0 saturated carbocycles. The molecule has 3 aromatic carbocycles. The Kier molecular flexibility index (Phi) is 6.33. The Hall–Kier alpha value is -3.46. The minimum Gasteiger partial charge on any atom is -0.383 e. The highest BCUT2D eigenvalue weighted by atomic mass is 32.2. The zero-order valence-electron chi connectivity index (χ0n) is 17.7. The van der Waals surface area contributed by atoms with Crippen LogP contribution in [-0.4, -0.2) is 24.7 Å². The van der Waals surface area contributed by atoms with Crippen molar-refractivity contribution in [3.05, 3.63) is 83.4 Å². The van der Waals surface area contributed by atoms with Gasteiger partial charge in [0.15, 0.2) is 0 Å². The second kappa shape index (κ2) is 9.19. The van der Waals surface area contributed by atoms with Crippen LogP contribution >= 0.6 is 11.8 Å². The molecule has 1 aliphatic heterocycles. The van der Waals surface area contributed by atoms with Gasteiger partial charge in [0.25, 0.3) is 0 Å². The molecule has 0 unspecified atom stereocenters. The number of fused-ring (bicyclic) bond motifs is 1. The van der Waals surface area contributed by atoms with E-state index >= 15 is 0 Å². The second-order valence-electron chi connectivity index (χ2n) is 7.42. The summed E-state index contributed by atoms with van der Waals surface area (Å²) in [6, 6.07) is 18.2. The van der Waals surface area contributed by atoms with Crippen LogP contribution in [0.25, 0.3) is 0 Å². The third-order valence-corrected chi connectivity index (χ3v) is 6.04. The number of carbonyl (C=O) groups is 1. The van der Waals surface area contributed by atoms with Crippen molar-refractivity contribution in [3.8, 4) is 0 Å². The van der Waals surface area contributed by atoms with Crippen molar-refractivity contribution < 1.29 is 18.0 Å². The van der Waals surface area contributed by atoms with Gasteiger partial charge in [0.1, 0.15) is 5.84 Å². The van der Waals surface area contributed by atoms with Gasteiger partial charge in [0.05, 0.1) is 11.3 Å². The molecule has 0 radical (unpaired) electrons. The predicted octanol–water partition coefficient (Wildman–Crippen LogP) is 6.06. The number of nitrogens with zero attached hydrogens (tertiary/aromatic N) is 2. The van der Waals surface area contributed by atoms with Gasteiger partial charge >= 0.3 is 12.2 Å². The summed E-state index contributed by atoms with van der Waals surface area (Å²) in [5.74, 6) is 0.330. The zero-order valence-corrected chi connectivity index (χ0v) is 18.5. The van der Waals surface area contributed by atoms with Crippen molar-refractivity contribution in [2.45, 2.75) is 17.5 Å². The number of amidine groups is 1. The molecule has 3 N–H and O–H groups in total. The molecule has 9 heteroatoms. The van der Waals surface area contributed by atoms with Gasteiger partial charge in [-0.1, -0.05) is 36.4 Å². The van der Waals surface area contributed by atoms with Crippen LogP contribution in [-0.2, 0) is 12.6 Å². The fourth-order valence-electron chi connectivity index (χ4n) is 3.67. The maximum atomic E-state index is 13.5. The molecule has 33 heavy (non-hydrogen) atoms. The molecule has 0 atom stereocenters. The van der Waals surface area contributed by atoms with E-state index < -0.39 is 17.8 Å². The summed E-state index contributed by atoms with van der Waals surface area (Å²) in [4.78, 5) is 18.8. The first-order chi connectivity index (χ1) is 15.8. The van der Waals surface area contributed by atoms with Gasteiger partial charge in [-0.15, -0.1) is 11.8 Å². The quantitative estimate of drug-likeness (QED) is 0.277. The maximum absolute atomic E-state index is 13.5. The number of nitrogens with two attached hydrogens (primary N) is 1. The third-order valence-electron chi connectivity index (χ3n) is 5.26. The summed E-state index contributed by atoms with van der Waals surface area (Å²) in [5.41, 5.74) is 8.10. The lowest BCUT2D eigenvalue weighted by Gasteiger charge is -2.20. The molecule has 3 aromatic rings. The lowest BCUT2D eigenvalue weighted by Crippen LogP contribution is -2.33. The molecule has 0 saturated heterocycles. The Morgan fingerprint density at radius 3 is 2.55 bits per heavy atom. The number of urea groups is 1. The summed E-state index contributed by atoms with van der Waals surface area (Å²) < 4.78 is 40.5. The molecule has 0 fully saturated rings. The number of carbonyl (C=O) groups excluding carboxylic acids is 1. The van der Waals surface area contributed by atoms with Gasteiger partial charge < -0.3 is 11.1 Å². The number of hydrogen-bond donors (Lipinski definition) is 2. The topological polar surface area (TPSA) is 70.7 Å². The maximum Gasteiger partial charge on any atom is 0.417 e. The van der Waals surface area contributed by atoms with Gasteiger partial charge in [-0.2, -0.15) is 13.2 Å². The molecular formula is C24H21F3N4OS. The van der Waals surface area contributed by atoms with Crippen molar-refractivity contribution in [3.63, 3.8) is 0 Å². The normalized spacial score (nSPS) is 13.7. The standard InChI is InChI=1S/C24H21F3N4OS/c1-33-21-12-16-10-11-31(20(16)14-19(21)24(25,26)27)23(32)30-18-9-5-8-17(13-18)29-22(28)15-6-3-2-4-7-15/h2-9,12-14H,10-11H2,1H3,(H2,28,29)(H,30,32). The van der Waals surface area contributed by atoms with E-state index in [1.54, 1.807) is 30.5 Å². The summed E-state index contributed by atoms with van der Waals surface area (Å²) in [6.45, 7) is 0.301. The van der Waals surface area contributed by atoms with Crippen LogP contribution in [0.1, 0.15) is 16.7 Å². The number of hydrogen-bond acceptors (Lipinski definition) is 3. The number of rotatable bonds is 4. The molecule has 0 aliphatic carbocycles. The van der Waals surface area contributed by atoms with E-state index in [1.165, 1.54) is 11.0 Å². The highest BCUT2D eigenvalue weighted by Crippen LogP contribution is 2.42. The number of anilines is 2. The Balaban J connectivity index is 1.56. The van der Waals surface area contributed by atoms with E-state index in [0.717, 1.165) is 29.0 Å². The summed E-state index contributed by atoms with van der Waals surface area (Å²) in [7, 11) is 0. The number of aliphatic imine (C=N–C) groups is 1. The van der Waals surface area contributed by atoms with E-state index in [9.17, 15) is 18.0 Å². The van der Waals surface area contributed by atoms with E-state index in [0.29, 0.717) is 30.2 Å². The molecule has 170 valence electrons. The van der Waals surface area contributed by atoms with E-state index in [-0.39, 0.29) is 10.6 Å². The zero-order chi connectivity index (χ0) is 23.6. The molecule has 0 spiro atoms. The van der Waals surface area contributed by atoms with E-state index in [4.69, 9.17) is 5.73 Å². The minimum atomic E-state index is -4.50. The van der Waals surface area contributed by atoms with Crippen LogP contribution in [0.15, 0.2) is 76.6 Å². The average molecular weight is 471 g/mol. The fraction of sp³-hybridized carbons (Fsp3) is 0.167. The summed E-state index contributed by atoms with van der Waals surface area (Å²) in [6.07, 6.45) is -2.40. The lowest BCUT2D eigenvalue weighted by molar-refractivity contribution is -0.139. The van der Waals surface area contributed by atoms with Crippen LogP contribution in [0, 0.1) is 0 Å². The number of thioether (sulfide) groups is 1. The number of amides is 2. The molecule has 0 aromatic heterocycles. The summed E-state index contributed by atoms with van der Waals surface area (Å²) in [5, 5.41) is 2.76. The van der Waals surface area contributed by atoms with Gasteiger partial charge in [0, 0.05) is 28.4 Å². The Morgan fingerprint density at radius 2 is 1.85 bits per heavy atom. The number of halogens is 3. The van der Waals surface area contributed by atoms with Crippen molar-refractivity contribution >= 4 is 40.7 Å². The molecule has 4 rings (SSSR count). The van der Waals surface area contributed by atoms with Crippen molar-refractivity contribution in [1.29, 1.82) is 0 Å². The molecule has 1 aliphatic rings. The first-order valence-electron chi connectivity index (χ1n) is 10.1. The highest BCUT2D eigenvalue weighted by molar-refractivity contribution is 7.98. The lowest BCUT2D eigenvalue weighted by atomic mass is 10.1. The van der Waals surface area contributed by atoms with Gasteiger partial charge in [-0.05, 0) is 48.6 Å². The third kappa shape index (κ3) is 4.98. The fourth-order valence-corrected chi connectivity index (χ4v) is 4.33. The van der Waals surface area contributed by atoms with Crippen LogP contribution in [0.5, 0.6) is 0 Å². The van der Waals surface area contributed by atoms with Gasteiger partial charge in [-0.3, -0.25) is 4.90 Å². The van der Waals surface area contributed by atoms with Crippen LogP contribution in [0.4, 0.5) is 35.0 Å². The smallest absolute Gasteiger partial charge is 0.383 e. The molecule has 1 heterocycles. The molecule has 0 bridgehead atoms. The first kappa shape index (κ1) is 22.7. The van der Waals surface area contributed by atoms with Crippen molar-refractivity contribution in [1.82, 2.24) is 0 Å². The SMILES string of the molecule is CSc1cc2c(cc1C(F)(F)F)N(C(=O)Nc1cccc(N=C(N)c3ccccc3)c1)CC2. The Morgan fingerprint density at radius 1 is 1.09 bits per heavy atom. The van der Waals surface area contributed by atoms with Crippen LogP contribution in [0.2, 0.25) is 0 Å². The van der Waals surface area contributed by atoms with Crippen LogP contribution in [0.3, 0.4) is 0 Å². The monoisotopic (exact) mass is 470 g/mol. The molecule has 2 amide bonds.